The van der Waals surface area contributed by atoms with Crippen molar-refractivity contribution in [2.45, 2.75) is 6.54 Å². The van der Waals surface area contributed by atoms with Crippen LogP contribution < -0.4 is 0 Å². The lowest BCUT2D eigenvalue weighted by atomic mass is 10.3. The van der Waals surface area contributed by atoms with Gasteiger partial charge >= 0.3 is 0 Å². The zero-order chi connectivity index (χ0) is 15.8. The monoisotopic (exact) mass is 347 g/mol. The molecule has 0 radical (unpaired) electrons. The Morgan fingerprint density at radius 3 is 2.78 bits per heavy atom. The first-order valence-electron chi connectivity index (χ1n) is 7.67. The summed E-state index contributed by atoms with van der Waals surface area (Å²) in [6.07, 6.45) is 5.74. The van der Waals surface area contributed by atoms with Gasteiger partial charge in [-0.2, -0.15) is 0 Å². The number of likely N-dealkylation sites (N-methyl/N-ethyl adjacent to an activating group) is 1. The minimum atomic E-state index is 0.700. The van der Waals surface area contributed by atoms with E-state index < -0.39 is 0 Å². The van der Waals surface area contributed by atoms with Crippen LogP contribution in [0.1, 0.15) is 4.88 Å². The first kappa shape index (κ1) is 15.1. The first-order chi connectivity index (χ1) is 11.2. The van der Waals surface area contributed by atoms with Crippen LogP contribution in [0.25, 0.3) is 16.3 Å². The average Bonchev–Trinajstić information content (AvgIpc) is 3.15. The number of fused-ring (bicyclic) bond motifs is 1. The van der Waals surface area contributed by atoms with E-state index in [1.807, 2.05) is 35.1 Å². The molecular weight excluding hydrogens is 330 g/mol. The van der Waals surface area contributed by atoms with Crippen LogP contribution >= 0.6 is 22.9 Å². The van der Waals surface area contributed by atoms with Gasteiger partial charge in [-0.3, -0.25) is 9.30 Å². The highest BCUT2D eigenvalue weighted by molar-refractivity contribution is 7.15. The first-order valence-corrected chi connectivity index (χ1v) is 8.87. The van der Waals surface area contributed by atoms with Crippen molar-refractivity contribution < 1.29 is 0 Å². The summed E-state index contributed by atoms with van der Waals surface area (Å²) in [6, 6.07) is 3.78. The maximum atomic E-state index is 6.10. The van der Waals surface area contributed by atoms with Crippen molar-refractivity contribution in [2.75, 3.05) is 33.2 Å². The molecule has 0 bridgehead atoms. The summed E-state index contributed by atoms with van der Waals surface area (Å²) in [5.41, 5.74) is 1.89. The molecule has 23 heavy (non-hydrogen) atoms. The van der Waals surface area contributed by atoms with Crippen LogP contribution in [0.5, 0.6) is 0 Å². The van der Waals surface area contributed by atoms with Gasteiger partial charge in [0.2, 0.25) is 0 Å². The van der Waals surface area contributed by atoms with Crippen molar-refractivity contribution in [2.24, 2.45) is 0 Å². The molecule has 0 N–H and O–H groups in total. The van der Waals surface area contributed by atoms with Crippen LogP contribution in [0.4, 0.5) is 0 Å². The van der Waals surface area contributed by atoms with Gasteiger partial charge < -0.3 is 4.90 Å². The van der Waals surface area contributed by atoms with E-state index in [-0.39, 0.29) is 0 Å². The molecule has 3 aromatic heterocycles. The van der Waals surface area contributed by atoms with Crippen LogP contribution in [-0.2, 0) is 6.54 Å². The molecule has 1 aliphatic rings. The number of thiazole rings is 1. The molecule has 0 saturated carbocycles. The molecule has 4 heterocycles. The molecule has 1 fully saturated rings. The second kappa shape index (κ2) is 6.20. The van der Waals surface area contributed by atoms with E-state index in [0.29, 0.717) is 5.02 Å². The zero-order valence-electron chi connectivity index (χ0n) is 12.9. The van der Waals surface area contributed by atoms with Gasteiger partial charge in [0, 0.05) is 50.0 Å². The van der Waals surface area contributed by atoms with Crippen molar-refractivity contribution >= 4 is 28.6 Å². The van der Waals surface area contributed by atoms with E-state index in [9.17, 15) is 0 Å². The van der Waals surface area contributed by atoms with E-state index in [2.05, 4.69) is 26.8 Å². The zero-order valence-corrected chi connectivity index (χ0v) is 14.5. The fourth-order valence-corrected chi connectivity index (χ4v) is 3.96. The van der Waals surface area contributed by atoms with Crippen LogP contribution in [0, 0.1) is 0 Å². The summed E-state index contributed by atoms with van der Waals surface area (Å²) in [4.78, 5) is 15.2. The Morgan fingerprint density at radius 1 is 1.13 bits per heavy atom. The van der Waals surface area contributed by atoms with Gasteiger partial charge in [0.25, 0.3) is 0 Å². The van der Waals surface area contributed by atoms with Crippen molar-refractivity contribution in [1.82, 2.24) is 24.2 Å². The second-order valence-corrected chi connectivity index (χ2v) is 7.48. The number of imidazole rings is 1. The third-order valence-electron chi connectivity index (χ3n) is 4.22. The van der Waals surface area contributed by atoms with Crippen LogP contribution in [-0.4, -0.2) is 57.4 Å². The van der Waals surface area contributed by atoms with E-state index in [0.717, 1.165) is 49.1 Å². The molecule has 0 amide bonds. The highest BCUT2D eigenvalue weighted by atomic mass is 35.5. The van der Waals surface area contributed by atoms with Crippen molar-refractivity contribution in [1.29, 1.82) is 0 Å². The summed E-state index contributed by atoms with van der Waals surface area (Å²) in [5.74, 6) is 0. The Bertz CT molecular complexity index is 819. The molecular formula is C16H18ClN5S. The van der Waals surface area contributed by atoms with Crippen LogP contribution in [0.15, 0.2) is 30.7 Å². The SMILES string of the molecule is CN1CCN(Cc2cnc(-c3cnc4ccc(Cl)cn34)s2)CC1. The number of hydrogen-bond donors (Lipinski definition) is 0. The Kier molecular flexibility index (Phi) is 4.07. The Morgan fingerprint density at radius 2 is 1.96 bits per heavy atom. The van der Waals surface area contributed by atoms with E-state index in [4.69, 9.17) is 11.6 Å². The smallest absolute Gasteiger partial charge is 0.142 e. The largest absolute Gasteiger partial charge is 0.304 e. The van der Waals surface area contributed by atoms with E-state index in [1.54, 1.807) is 11.3 Å². The topological polar surface area (TPSA) is 36.7 Å². The molecule has 1 saturated heterocycles. The summed E-state index contributed by atoms with van der Waals surface area (Å²) in [7, 11) is 2.18. The fraction of sp³-hybridized carbons (Fsp3) is 0.375. The standard InChI is InChI=1S/C16H18ClN5S/c1-20-4-6-21(7-5-20)11-13-8-19-16(23-13)14-9-18-15-3-2-12(17)10-22(14)15/h2-3,8-10H,4-7,11H2,1H3. The van der Waals surface area contributed by atoms with Crippen molar-refractivity contribution in [3.05, 3.63) is 40.6 Å². The molecule has 0 unspecified atom stereocenters. The number of aromatic nitrogens is 3. The number of piperazine rings is 1. The molecule has 1 aliphatic heterocycles. The predicted octanol–water partition coefficient (Wildman–Crippen LogP) is 2.86. The number of nitrogens with zero attached hydrogens (tertiary/aromatic N) is 5. The number of rotatable bonds is 3. The van der Waals surface area contributed by atoms with Gasteiger partial charge in [-0.1, -0.05) is 11.6 Å². The van der Waals surface area contributed by atoms with Gasteiger partial charge in [0.05, 0.1) is 11.2 Å². The summed E-state index contributed by atoms with van der Waals surface area (Å²) in [6.45, 7) is 5.49. The molecule has 7 heteroatoms. The molecule has 0 aliphatic carbocycles. The van der Waals surface area contributed by atoms with Gasteiger partial charge in [-0.15, -0.1) is 11.3 Å². The minimum Gasteiger partial charge on any atom is -0.304 e. The molecule has 4 rings (SSSR count). The highest BCUT2D eigenvalue weighted by Crippen LogP contribution is 2.27. The van der Waals surface area contributed by atoms with Crippen molar-refractivity contribution in [3.8, 4) is 10.7 Å². The third-order valence-corrected chi connectivity index (χ3v) is 5.45. The van der Waals surface area contributed by atoms with Gasteiger partial charge in [-0.05, 0) is 19.2 Å². The third kappa shape index (κ3) is 3.12. The Balaban J connectivity index is 1.56. The lowest BCUT2D eigenvalue weighted by molar-refractivity contribution is 0.149. The number of pyridine rings is 1. The Labute approximate surface area is 144 Å². The van der Waals surface area contributed by atoms with Gasteiger partial charge in [-0.25, -0.2) is 9.97 Å². The van der Waals surface area contributed by atoms with Crippen LogP contribution in [0.2, 0.25) is 5.02 Å². The van der Waals surface area contributed by atoms with Gasteiger partial charge in [0.15, 0.2) is 0 Å². The van der Waals surface area contributed by atoms with Gasteiger partial charge in [0.1, 0.15) is 16.3 Å². The van der Waals surface area contributed by atoms with Crippen molar-refractivity contribution in [3.63, 3.8) is 0 Å². The van der Waals surface area contributed by atoms with E-state index in [1.165, 1.54) is 4.88 Å². The summed E-state index contributed by atoms with van der Waals surface area (Å²) in [5, 5.41) is 1.69. The molecule has 5 nitrogen and oxygen atoms in total. The summed E-state index contributed by atoms with van der Waals surface area (Å²) < 4.78 is 2.00. The molecule has 0 spiro atoms. The maximum absolute atomic E-state index is 6.10. The second-order valence-electron chi connectivity index (χ2n) is 5.93. The number of hydrogen-bond acceptors (Lipinski definition) is 5. The molecule has 3 aromatic rings. The fourth-order valence-electron chi connectivity index (χ4n) is 2.84. The molecule has 0 aromatic carbocycles. The normalized spacial score (nSPS) is 17.1. The lowest BCUT2D eigenvalue weighted by Gasteiger charge is -2.31. The van der Waals surface area contributed by atoms with Crippen LogP contribution in [0.3, 0.4) is 0 Å². The maximum Gasteiger partial charge on any atom is 0.142 e. The number of halogens is 1. The molecule has 0 atom stereocenters. The highest BCUT2D eigenvalue weighted by Gasteiger charge is 2.16. The molecule has 120 valence electrons. The average molecular weight is 348 g/mol. The quantitative estimate of drug-likeness (QED) is 0.730. The predicted molar refractivity (Wildman–Crippen MR) is 94.1 cm³/mol. The summed E-state index contributed by atoms with van der Waals surface area (Å²) >= 11 is 7.84. The minimum absolute atomic E-state index is 0.700. The Hall–Kier alpha value is -1.47. The lowest BCUT2D eigenvalue weighted by Crippen LogP contribution is -2.43. The van der Waals surface area contributed by atoms with E-state index >= 15 is 0 Å².